The predicted molar refractivity (Wildman–Crippen MR) is 113 cm³/mol. The number of ether oxygens (including phenoxy) is 2. The minimum absolute atomic E-state index is 0.0934. The van der Waals surface area contributed by atoms with Crippen LogP contribution in [0.2, 0.25) is 10.0 Å². The Kier molecular flexibility index (Phi) is 10.3. The van der Waals surface area contributed by atoms with Crippen LogP contribution in [0.3, 0.4) is 0 Å². The zero-order valence-corrected chi connectivity index (χ0v) is 19.3. The highest BCUT2D eigenvalue weighted by molar-refractivity contribution is 7.88. The number of aromatic carboxylic acids is 1. The Morgan fingerprint density at radius 2 is 1.45 bits per heavy atom. The Morgan fingerprint density at radius 1 is 0.939 bits per heavy atom. The number of hydrogen-bond acceptors (Lipinski definition) is 7. The van der Waals surface area contributed by atoms with Gasteiger partial charge in [0.15, 0.2) is 5.75 Å². The molecule has 0 saturated heterocycles. The topological polar surface area (TPSA) is 116 Å². The Morgan fingerprint density at radius 3 is 1.91 bits per heavy atom. The van der Waals surface area contributed by atoms with Crippen molar-refractivity contribution >= 4 is 45.3 Å². The Balaban J connectivity index is 0.000000335. The van der Waals surface area contributed by atoms with Gasteiger partial charge in [0, 0.05) is 10.0 Å². The smallest absolute Gasteiger partial charge is 0.493 e. The lowest BCUT2D eigenvalue weighted by Crippen LogP contribution is -2.28. The fraction of sp³-hybridized carbons (Fsp3) is 0.263. The summed E-state index contributed by atoms with van der Waals surface area (Å²) in [4.78, 5) is 22.2. The monoisotopic (exact) mass is 532 g/mol. The average molecular weight is 533 g/mol. The maximum Gasteiger partial charge on any atom is 0.534 e. The van der Waals surface area contributed by atoms with Crippen molar-refractivity contribution in [2.75, 3.05) is 13.2 Å². The van der Waals surface area contributed by atoms with Gasteiger partial charge in [-0.25, -0.2) is 9.59 Å². The molecule has 0 aliphatic heterocycles. The van der Waals surface area contributed by atoms with Gasteiger partial charge >= 0.3 is 27.6 Å². The molecule has 0 aliphatic carbocycles. The minimum Gasteiger partial charge on any atom is -0.493 e. The first kappa shape index (κ1) is 28.3. The number of esters is 1. The van der Waals surface area contributed by atoms with Crippen LogP contribution in [0.1, 0.15) is 34.6 Å². The normalized spacial score (nSPS) is 11.1. The molecule has 0 radical (unpaired) electrons. The zero-order chi connectivity index (χ0) is 25.4. The molecular formula is C19H17Cl2F3O8S. The van der Waals surface area contributed by atoms with Gasteiger partial charge in [0.05, 0.1) is 13.2 Å². The fourth-order valence-electron chi connectivity index (χ4n) is 2.06. The molecule has 2 aromatic carbocycles. The Bertz CT molecular complexity index is 1100. The number of benzene rings is 2. The van der Waals surface area contributed by atoms with Gasteiger partial charge in [-0.1, -0.05) is 23.2 Å². The summed E-state index contributed by atoms with van der Waals surface area (Å²) in [5, 5.41) is 9.07. The van der Waals surface area contributed by atoms with Crippen LogP contribution in [0.5, 0.6) is 11.5 Å². The molecule has 0 aromatic heterocycles. The summed E-state index contributed by atoms with van der Waals surface area (Å²) in [5.74, 6) is -2.56. The highest BCUT2D eigenvalue weighted by Gasteiger charge is 2.49. The summed E-state index contributed by atoms with van der Waals surface area (Å²) in [6, 6.07) is 7.37. The van der Waals surface area contributed by atoms with E-state index in [-0.39, 0.29) is 5.02 Å². The third-order valence-corrected chi connectivity index (χ3v) is 4.83. The summed E-state index contributed by atoms with van der Waals surface area (Å²) < 4.78 is 71.5. The molecule has 0 saturated carbocycles. The highest BCUT2D eigenvalue weighted by Crippen LogP contribution is 2.30. The van der Waals surface area contributed by atoms with Gasteiger partial charge in [-0.3, -0.25) is 0 Å². The third-order valence-electron chi connectivity index (χ3n) is 3.39. The molecule has 2 rings (SSSR count). The number of carbonyl (C=O) groups is 2. The molecule has 33 heavy (non-hydrogen) atoms. The maximum absolute atomic E-state index is 12.0. The lowest BCUT2D eigenvalue weighted by atomic mass is 10.2. The van der Waals surface area contributed by atoms with E-state index in [4.69, 9.17) is 37.8 Å². The van der Waals surface area contributed by atoms with Crippen LogP contribution >= 0.6 is 23.2 Å². The van der Waals surface area contributed by atoms with E-state index in [0.29, 0.717) is 29.5 Å². The second-order valence-corrected chi connectivity index (χ2v) is 8.13. The lowest BCUT2D eigenvalue weighted by Gasteiger charge is -2.11. The van der Waals surface area contributed by atoms with Crippen LogP contribution < -0.4 is 8.92 Å². The summed E-state index contributed by atoms with van der Waals surface area (Å²) in [6.45, 7) is 4.43. The van der Waals surface area contributed by atoms with Crippen molar-refractivity contribution in [3.8, 4) is 11.5 Å². The van der Waals surface area contributed by atoms with Crippen molar-refractivity contribution in [3.63, 3.8) is 0 Å². The molecule has 0 bridgehead atoms. The highest BCUT2D eigenvalue weighted by atomic mass is 35.5. The number of carbonyl (C=O) groups excluding carboxylic acids is 1. The van der Waals surface area contributed by atoms with Crippen molar-refractivity contribution < 1.29 is 49.9 Å². The van der Waals surface area contributed by atoms with Crippen molar-refractivity contribution in [2.45, 2.75) is 19.4 Å². The van der Waals surface area contributed by atoms with E-state index >= 15 is 0 Å². The largest absolute Gasteiger partial charge is 0.534 e. The number of carboxylic acids is 1. The van der Waals surface area contributed by atoms with E-state index in [1.807, 2.05) is 6.92 Å². The molecule has 0 heterocycles. The second kappa shape index (κ2) is 12.0. The number of halogens is 5. The van der Waals surface area contributed by atoms with Crippen LogP contribution in [0, 0.1) is 0 Å². The maximum atomic E-state index is 12.0. The van der Waals surface area contributed by atoms with Gasteiger partial charge in [-0.2, -0.15) is 21.6 Å². The predicted octanol–water partition coefficient (Wildman–Crippen LogP) is 5.18. The number of rotatable bonds is 7. The molecule has 0 aliphatic rings. The summed E-state index contributed by atoms with van der Waals surface area (Å²) >= 11 is 11.2. The zero-order valence-electron chi connectivity index (χ0n) is 17.0. The molecule has 8 nitrogen and oxygen atoms in total. The molecular weight excluding hydrogens is 516 g/mol. The Hall–Kier alpha value is -2.70. The van der Waals surface area contributed by atoms with Crippen molar-refractivity contribution in [1.82, 2.24) is 0 Å². The molecule has 182 valence electrons. The average Bonchev–Trinajstić information content (AvgIpc) is 2.70. The molecule has 2 aromatic rings. The van der Waals surface area contributed by atoms with Gasteiger partial charge in [0.1, 0.15) is 16.9 Å². The summed E-state index contributed by atoms with van der Waals surface area (Å²) in [7, 11) is -5.93. The molecule has 1 N–H and O–H groups in total. The number of hydrogen-bond donors (Lipinski definition) is 1. The van der Waals surface area contributed by atoms with E-state index in [1.54, 1.807) is 25.1 Å². The van der Waals surface area contributed by atoms with E-state index in [0.717, 1.165) is 18.2 Å². The quantitative estimate of drug-likeness (QED) is 0.294. The number of carboxylic acid groups (broad SMARTS) is 1. The van der Waals surface area contributed by atoms with Crippen LogP contribution in [-0.4, -0.2) is 44.2 Å². The van der Waals surface area contributed by atoms with E-state index in [2.05, 4.69) is 4.18 Å². The standard InChI is InChI=1S/C11H13ClO3.C8H4ClF3O5S/c1-3-14-10-6-5-8(12)7-9(10)11(13)15-4-2;9-4-1-2-6(5(3-4)7(13)14)17-18(15,16)8(10,11)12/h5-7H,3-4H2,1-2H3;1-3H,(H,13,14). The Labute approximate surface area is 196 Å². The second-order valence-electron chi connectivity index (χ2n) is 5.72. The van der Waals surface area contributed by atoms with Gasteiger partial charge in [0.25, 0.3) is 0 Å². The van der Waals surface area contributed by atoms with Gasteiger partial charge in [0.2, 0.25) is 0 Å². The van der Waals surface area contributed by atoms with Crippen LogP contribution in [0.15, 0.2) is 36.4 Å². The molecule has 0 amide bonds. The molecule has 14 heteroatoms. The SMILES string of the molecule is CCOC(=O)c1cc(Cl)ccc1OCC.O=C(O)c1cc(Cl)ccc1OS(=O)(=O)C(F)(F)F. The van der Waals surface area contributed by atoms with Gasteiger partial charge < -0.3 is 18.8 Å². The van der Waals surface area contributed by atoms with Crippen molar-refractivity contribution in [2.24, 2.45) is 0 Å². The molecule has 0 atom stereocenters. The van der Waals surface area contributed by atoms with Crippen LogP contribution in [0.25, 0.3) is 0 Å². The van der Waals surface area contributed by atoms with Gasteiger partial charge in [-0.05, 0) is 50.2 Å². The molecule has 0 fully saturated rings. The van der Waals surface area contributed by atoms with Gasteiger partial charge in [-0.15, -0.1) is 0 Å². The van der Waals surface area contributed by atoms with E-state index in [9.17, 15) is 31.2 Å². The minimum atomic E-state index is -5.93. The first-order valence-electron chi connectivity index (χ1n) is 8.86. The molecule has 0 unspecified atom stereocenters. The molecule has 0 spiro atoms. The third kappa shape index (κ3) is 8.30. The van der Waals surface area contributed by atoms with Crippen molar-refractivity contribution in [1.29, 1.82) is 0 Å². The first-order valence-corrected chi connectivity index (χ1v) is 11.0. The van der Waals surface area contributed by atoms with Crippen LogP contribution in [0.4, 0.5) is 13.2 Å². The van der Waals surface area contributed by atoms with E-state index in [1.165, 1.54) is 0 Å². The van der Waals surface area contributed by atoms with E-state index < -0.39 is 38.9 Å². The number of alkyl halides is 3. The summed E-state index contributed by atoms with van der Waals surface area (Å²) in [6.07, 6.45) is 0. The first-order chi connectivity index (χ1) is 15.2. The van der Waals surface area contributed by atoms with Crippen molar-refractivity contribution in [3.05, 3.63) is 57.6 Å². The lowest BCUT2D eigenvalue weighted by molar-refractivity contribution is -0.0500. The summed E-state index contributed by atoms with van der Waals surface area (Å²) in [5.41, 5.74) is -6.08. The fourth-order valence-corrected chi connectivity index (χ4v) is 2.88. The van der Waals surface area contributed by atoms with Crippen LogP contribution in [-0.2, 0) is 14.9 Å².